The summed E-state index contributed by atoms with van der Waals surface area (Å²) in [7, 11) is 0. The molecule has 19 heavy (non-hydrogen) atoms. The number of tetrazole rings is 1. The van der Waals surface area contributed by atoms with Crippen molar-refractivity contribution in [2.45, 2.75) is 52.4 Å². The molecule has 0 spiro atoms. The van der Waals surface area contributed by atoms with E-state index >= 15 is 0 Å². The molecule has 0 atom stereocenters. The summed E-state index contributed by atoms with van der Waals surface area (Å²) in [6.07, 6.45) is 6.95. The van der Waals surface area contributed by atoms with Crippen LogP contribution in [0.5, 0.6) is 0 Å². The molecule has 0 radical (unpaired) electrons. The van der Waals surface area contributed by atoms with Crippen LogP contribution in [0, 0.1) is 0 Å². The summed E-state index contributed by atoms with van der Waals surface area (Å²) in [4.78, 5) is 0. The van der Waals surface area contributed by atoms with Gasteiger partial charge in [-0.3, -0.25) is 0 Å². The maximum atomic E-state index is 4.07. The van der Waals surface area contributed by atoms with Gasteiger partial charge in [0.05, 0.1) is 5.69 Å². The van der Waals surface area contributed by atoms with Gasteiger partial charge >= 0.3 is 0 Å². The second kappa shape index (κ2) is 7.02. The minimum absolute atomic E-state index is 0.908. The average molecular weight is 258 g/mol. The van der Waals surface area contributed by atoms with Crippen LogP contribution in [0.4, 0.5) is 0 Å². The third-order valence-corrected chi connectivity index (χ3v) is 3.26. The molecule has 4 heteroatoms. The normalized spacial score (nSPS) is 10.8. The smallest absolute Gasteiger partial charge is 0.156 e. The molecule has 4 nitrogen and oxygen atoms in total. The molecule has 2 rings (SSSR count). The van der Waals surface area contributed by atoms with Crippen LogP contribution in [0.25, 0.3) is 5.69 Å². The van der Waals surface area contributed by atoms with Gasteiger partial charge in [-0.05, 0) is 47.4 Å². The minimum atomic E-state index is 0.908. The van der Waals surface area contributed by atoms with Gasteiger partial charge in [-0.1, -0.05) is 38.8 Å². The van der Waals surface area contributed by atoms with Crippen molar-refractivity contribution >= 4 is 0 Å². The lowest BCUT2D eigenvalue weighted by Crippen LogP contribution is -2.03. The minimum Gasteiger partial charge on any atom is -0.197 e. The number of benzene rings is 1. The molecule has 1 aromatic heterocycles. The van der Waals surface area contributed by atoms with Gasteiger partial charge in [0.25, 0.3) is 0 Å². The zero-order chi connectivity index (χ0) is 13.5. The first-order valence-corrected chi connectivity index (χ1v) is 7.21. The molecule has 0 fully saturated rings. The summed E-state index contributed by atoms with van der Waals surface area (Å²) in [5, 5.41) is 11.9. The Morgan fingerprint density at radius 3 is 2.42 bits per heavy atom. The third-order valence-electron chi connectivity index (χ3n) is 3.26. The van der Waals surface area contributed by atoms with Crippen molar-refractivity contribution in [3.63, 3.8) is 0 Å². The molecule has 0 bridgehead atoms. The van der Waals surface area contributed by atoms with E-state index in [-0.39, 0.29) is 0 Å². The average Bonchev–Trinajstić information content (AvgIpc) is 2.89. The summed E-state index contributed by atoms with van der Waals surface area (Å²) in [5.41, 5.74) is 2.44. The van der Waals surface area contributed by atoms with Gasteiger partial charge in [0.2, 0.25) is 0 Å². The maximum absolute atomic E-state index is 4.07. The third kappa shape index (κ3) is 3.63. The maximum Gasteiger partial charge on any atom is 0.156 e. The van der Waals surface area contributed by atoms with Crippen molar-refractivity contribution in [2.75, 3.05) is 0 Å². The zero-order valence-corrected chi connectivity index (χ0v) is 11.8. The summed E-state index contributed by atoms with van der Waals surface area (Å²) in [5.74, 6) is 0.932. The summed E-state index contributed by atoms with van der Waals surface area (Å²) >= 11 is 0. The second-order valence-electron chi connectivity index (χ2n) is 4.88. The number of rotatable bonds is 7. The molecule has 0 amide bonds. The van der Waals surface area contributed by atoms with Crippen LogP contribution in [0.2, 0.25) is 0 Å². The SMILES string of the molecule is CCCCCc1ccc(-n2nnnc2CCC)cc1. The van der Waals surface area contributed by atoms with E-state index in [0.717, 1.165) is 30.8 Å². The van der Waals surface area contributed by atoms with Gasteiger partial charge in [-0.2, -0.15) is 4.68 Å². The van der Waals surface area contributed by atoms with Crippen molar-refractivity contribution in [1.82, 2.24) is 20.2 Å². The largest absolute Gasteiger partial charge is 0.197 e. The molecule has 0 N–H and O–H groups in total. The monoisotopic (exact) mass is 258 g/mol. The predicted octanol–water partition coefficient (Wildman–Crippen LogP) is 3.35. The highest BCUT2D eigenvalue weighted by Crippen LogP contribution is 2.13. The van der Waals surface area contributed by atoms with E-state index in [2.05, 4.69) is 53.6 Å². The Labute approximate surface area is 114 Å². The lowest BCUT2D eigenvalue weighted by Gasteiger charge is -2.05. The van der Waals surface area contributed by atoms with Crippen molar-refractivity contribution in [2.24, 2.45) is 0 Å². The Bertz CT molecular complexity index is 487. The topological polar surface area (TPSA) is 43.6 Å². The lowest BCUT2D eigenvalue weighted by molar-refractivity contribution is 0.716. The van der Waals surface area contributed by atoms with Gasteiger partial charge in [0.15, 0.2) is 5.82 Å². The number of unbranched alkanes of at least 4 members (excludes halogenated alkanes) is 2. The lowest BCUT2D eigenvalue weighted by atomic mass is 10.1. The molecule has 0 saturated carbocycles. The molecular weight excluding hydrogens is 236 g/mol. The molecule has 0 unspecified atom stereocenters. The van der Waals surface area contributed by atoms with Crippen molar-refractivity contribution in [3.8, 4) is 5.69 Å². The van der Waals surface area contributed by atoms with Crippen LogP contribution in [0.15, 0.2) is 24.3 Å². The standard InChI is InChI=1S/C15H22N4/c1-3-5-6-8-13-9-11-14(12-10-13)19-15(7-4-2)16-17-18-19/h9-12H,3-8H2,1-2H3. The number of nitrogens with zero attached hydrogens (tertiary/aromatic N) is 4. The molecule has 0 aliphatic rings. The Morgan fingerprint density at radius 1 is 0.947 bits per heavy atom. The van der Waals surface area contributed by atoms with E-state index in [1.54, 1.807) is 0 Å². The predicted molar refractivity (Wildman–Crippen MR) is 76.4 cm³/mol. The highest BCUT2D eigenvalue weighted by molar-refractivity contribution is 5.34. The van der Waals surface area contributed by atoms with Crippen LogP contribution in [-0.4, -0.2) is 20.2 Å². The van der Waals surface area contributed by atoms with Crippen LogP contribution < -0.4 is 0 Å². The Morgan fingerprint density at radius 2 is 1.74 bits per heavy atom. The first kappa shape index (κ1) is 13.7. The molecular formula is C15H22N4. The fourth-order valence-electron chi connectivity index (χ4n) is 2.17. The van der Waals surface area contributed by atoms with Crippen molar-refractivity contribution in [1.29, 1.82) is 0 Å². The molecule has 0 aliphatic carbocycles. The van der Waals surface area contributed by atoms with Crippen LogP contribution in [0.3, 0.4) is 0 Å². The van der Waals surface area contributed by atoms with Crippen LogP contribution in [0.1, 0.15) is 50.9 Å². The summed E-state index contributed by atoms with van der Waals surface area (Å²) in [6, 6.07) is 8.58. The highest BCUT2D eigenvalue weighted by Gasteiger charge is 2.06. The molecule has 1 heterocycles. The second-order valence-corrected chi connectivity index (χ2v) is 4.88. The van der Waals surface area contributed by atoms with E-state index < -0.39 is 0 Å². The fourth-order valence-corrected chi connectivity index (χ4v) is 2.17. The first-order chi connectivity index (χ1) is 9.35. The quantitative estimate of drug-likeness (QED) is 0.715. The van der Waals surface area contributed by atoms with Crippen LogP contribution in [-0.2, 0) is 12.8 Å². The molecule has 0 aliphatic heterocycles. The number of hydrogen-bond donors (Lipinski definition) is 0. The zero-order valence-electron chi connectivity index (χ0n) is 11.8. The van der Waals surface area contributed by atoms with Gasteiger partial charge in [0.1, 0.15) is 0 Å². The molecule has 1 aromatic carbocycles. The Balaban J connectivity index is 2.07. The van der Waals surface area contributed by atoms with E-state index in [0.29, 0.717) is 0 Å². The van der Waals surface area contributed by atoms with Crippen molar-refractivity contribution < 1.29 is 0 Å². The summed E-state index contributed by atoms with van der Waals surface area (Å²) < 4.78 is 1.83. The molecule has 0 saturated heterocycles. The van der Waals surface area contributed by atoms with Crippen molar-refractivity contribution in [3.05, 3.63) is 35.7 Å². The highest BCUT2D eigenvalue weighted by atomic mass is 15.5. The van der Waals surface area contributed by atoms with Crippen LogP contribution >= 0.6 is 0 Å². The Kier molecular flexibility index (Phi) is 5.07. The number of aryl methyl sites for hydroxylation is 2. The Hall–Kier alpha value is -1.71. The summed E-state index contributed by atoms with van der Waals surface area (Å²) in [6.45, 7) is 4.37. The van der Waals surface area contributed by atoms with Gasteiger partial charge < -0.3 is 0 Å². The van der Waals surface area contributed by atoms with E-state index in [1.807, 2.05) is 4.68 Å². The van der Waals surface area contributed by atoms with E-state index in [1.165, 1.54) is 24.8 Å². The van der Waals surface area contributed by atoms with E-state index in [4.69, 9.17) is 0 Å². The van der Waals surface area contributed by atoms with Gasteiger partial charge in [-0.15, -0.1) is 5.10 Å². The van der Waals surface area contributed by atoms with Gasteiger partial charge in [-0.25, -0.2) is 0 Å². The first-order valence-electron chi connectivity index (χ1n) is 7.21. The number of aromatic nitrogens is 4. The fraction of sp³-hybridized carbons (Fsp3) is 0.533. The van der Waals surface area contributed by atoms with Gasteiger partial charge in [0, 0.05) is 6.42 Å². The number of hydrogen-bond acceptors (Lipinski definition) is 3. The molecule has 102 valence electrons. The van der Waals surface area contributed by atoms with E-state index in [9.17, 15) is 0 Å². The molecule has 2 aromatic rings.